The minimum Gasteiger partial charge on any atom is -0.385 e. The van der Waals surface area contributed by atoms with Gasteiger partial charge in [0.1, 0.15) is 0 Å². The van der Waals surface area contributed by atoms with Gasteiger partial charge in [0.25, 0.3) is 0 Å². The van der Waals surface area contributed by atoms with Gasteiger partial charge in [0.2, 0.25) is 0 Å². The third kappa shape index (κ3) is 6.05. The molecule has 4 aromatic carbocycles. The molecule has 0 saturated carbocycles. The molecule has 0 radical (unpaired) electrons. The first kappa shape index (κ1) is 28.4. The lowest BCUT2D eigenvalue weighted by Gasteiger charge is -2.26. The first-order chi connectivity index (χ1) is 17.6. The molecule has 4 rings (SSSR count). The zero-order chi connectivity index (χ0) is 25.5. The van der Waals surface area contributed by atoms with E-state index in [0.717, 1.165) is 32.7 Å². The van der Waals surface area contributed by atoms with E-state index in [9.17, 15) is 0 Å². The Labute approximate surface area is 229 Å². The second kappa shape index (κ2) is 13.4. The van der Waals surface area contributed by atoms with Gasteiger partial charge in [0.05, 0.1) is 0 Å². The third-order valence-corrected chi connectivity index (χ3v) is 7.35. The van der Waals surface area contributed by atoms with Crippen molar-refractivity contribution in [2.45, 2.75) is 40.5 Å². The number of benzene rings is 4. The number of rotatable bonds is 11. The van der Waals surface area contributed by atoms with E-state index in [1.165, 1.54) is 44.5 Å². The maximum atomic E-state index is 3.55. The smallest absolute Gasteiger partial charge is 0.0419 e. The SMILES string of the molecule is CCNc1ccc(C(c2ccc(N(CC)CC)cc2)c2ccc(N(CC)CC)cc2)c2ccccc12.Cl. The van der Waals surface area contributed by atoms with Gasteiger partial charge in [-0.3, -0.25) is 0 Å². The van der Waals surface area contributed by atoms with E-state index in [0.29, 0.717) is 0 Å². The van der Waals surface area contributed by atoms with Crippen LogP contribution in [0.15, 0.2) is 84.9 Å². The molecule has 0 saturated heterocycles. The average molecular weight is 516 g/mol. The summed E-state index contributed by atoms with van der Waals surface area (Å²) < 4.78 is 0. The highest BCUT2D eigenvalue weighted by atomic mass is 35.5. The summed E-state index contributed by atoms with van der Waals surface area (Å²) in [6.45, 7) is 16.0. The number of fused-ring (bicyclic) bond motifs is 1. The molecular formula is C33H42ClN3. The summed E-state index contributed by atoms with van der Waals surface area (Å²) >= 11 is 0. The van der Waals surface area contributed by atoms with Gasteiger partial charge in [-0.1, -0.05) is 54.6 Å². The average Bonchev–Trinajstić information content (AvgIpc) is 2.93. The molecule has 37 heavy (non-hydrogen) atoms. The first-order valence-electron chi connectivity index (χ1n) is 13.6. The van der Waals surface area contributed by atoms with E-state index < -0.39 is 0 Å². The van der Waals surface area contributed by atoms with Crippen LogP contribution >= 0.6 is 12.4 Å². The topological polar surface area (TPSA) is 18.5 Å². The fourth-order valence-corrected chi connectivity index (χ4v) is 5.40. The second-order valence-electron chi connectivity index (χ2n) is 9.24. The molecular weight excluding hydrogens is 474 g/mol. The summed E-state index contributed by atoms with van der Waals surface area (Å²) in [4.78, 5) is 4.80. The van der Waals surface area contributed by atoms with E-state index in [1.54, 1.807) is 0 Å². The van der Waals surface area contributed by atoms with E-state index in [1.807, 2.05) is 0 Å². The van der Waals surface area contributed by atoms with Gasteiger partial charge in [0.15, 0.2) is 0 Å². The minimum atomic E-state index is 0. The van der Waals surface area contributed by atoms with Gasteiger partial charge in [-0.15, -0.1) is 12.4 Å². The molecule has 0 unspecified atom stereocenters. The second-order valence-corrected chi connectivity index (χ2v) is 9.24. The van der Waals surface area contributed by atoms with Gasteiger partial charge in [-0.2, -0.15) is 0 Å². The predicted octanol–water partition coefficient (Wildman–Crippen LogP) is 8.57. The monoisotopic (exact) mass is 515 g/mol. The van der Waals surface area contributed by atoms with E-state index in [2.05, 4.69) is 135 Å². The van der Waals surface area contributed by atoms with Crippen molar-refractivity contribution in [1.29, 1.82) is 0 Å². The summed E-state index contributed by atoms with van der Waals surface area (Å²) in [5.41, 5.74) is 7.76. The van der Waals surface area contributed by atoms with Crippen molar-refractivity contribution >= 4 is 40.2 Å². The van der Waals surface area contributed by atoms with Gasteiger partial charge in [-0.25, -0.2) is 0 Å². The lowest BCUT2D eigenvalue weighted by molar-refractivity contribution is 0.863. The highest BCUT2D eigenvalue weighted by Crippen LogP contribution is 2.39. The van der Waals surface area contributed by atoms with Crippen molar-refractivity contribution in [2.75, 3.05) is 47.8 Å². The molecule has 3 nitrogen and oxygen atoms in total. The molecule has 0 spiro atoms. The van der Waals surface area contributed by atoms with Gasteiger partial charge in [0, 0.05) is 61.1 Å². The predicted molar refractivity (Wildman–Crippen MR) is 166 cm³/mol. The molecule has 0 amide bonds. The van der Waals surface area contributed by atoms with Crippen molar-refractivity contribution in [2.24, 2.45) is 0 Å². The Morgan fingerprint density at radius 3 is 1.46 bits per heavy atom. The molecule has 1 N–H and O–H groups in total. The lowest BCUT2D eigenvalue weighted by atomic mass is 9.82. The Morgan fingerprint density at radius 2 is 1.03 bits per heavy atom. The minimum absolute atomic E-state index is 0. The molecule has 0 bridgehead atoms. The Balaban J connectivity index is 0.00000380. The number of hydrogen-bond donors (Lipinski definition) is 1. The summed E-state index contributed by atoms with van der Waals surface area (Å²) in [5, 5.41) is 6.14. The molecule has 4 aromatic rings. The van der Waals surface area contributed by atoms with Crippen molar-refractivity contribution in [3.63, 3.8) is 0 Å². The normalized spacial score (nSPS) is 10.9. The van der Waals surface area contributed by atoms with Gasteiger partial charge < -0.3 is 15.1 Å². The quantitative estimate of drug-likeness (QED) is 0.202. The molecule has 0 aliphatic heterocycles. The Bertz CT molecular complexity index is 1190. The van der Waals surface area contributed by atoms with E-state index in [4.69, 9.17) is 0 Å². The Kier molecular flexibility index (Phi) is 10.3. The molecule has 0 heterocycles. The van der Waals surface area contributed by atoms with Crippen LogP contribution in [-0.4, -0.2) is 32.7 Å². The van der Waals surface area contributed by atoms with Crippen LogP contribution in [0.1, 0.15) is 57.2 Å². The van der Waals surface area contributed by atoms with Gasteiger partial charge >= 0.3 is 0 Å². The Morgan fingerprint density at radius 1 is 0.568 bits per heavy atom. The number of nitrogens with one attached hydrogen (secondary N) is 1. The maximum absolute atomic E-state index is 3.55. The van der Waals surface area contributed by atoms with Crippen LogP contribution in [-0.2, 0) is 0 Å². The summed E-state index contributed by atoms with van der Waals surface area (Å²) in [5.74, 6) is 0.155. The summed E-state index contributed by atoms with van der Waals surface area (Å²) in [6.07, 6.45) is 0. The summed E-state index contributed by atoms with van der Waals surface area (Å²) in [6, 6.07) is 31.8. The van der Waals surface area contributed by atoms with Crippen LogP contribution in [0, 0.1) is 0 Å². The number of nitrogens with zero attached hydrogens (tertiary/aromatic N) is 2. The molecule has 0 aliphatic rings. The molecule has 0 fully saturated rings. The van der Waals surface area contributed by atoms with Crippen molar-refractivity contribution in [3.05, 3.63) is 102 Å². The van der Waals surface area contributed by atoms with Crippen LogP contribution in [0.5, 0.6) is 0 Å². The fourth-order valence-electron chi connectivity index (χ4n) is 5.40. The highest BCUT2D eigenvalue weighted by molar-refractivity contribution is 5.97. The van der Waals surface area contributed by atoms with Crippen LogP contribution in [0.2, 0.25) is 0 Å². The molecule has 196 valence electrons. The fraction of sp³-hybridized carbons (Fsp3) is 0.333. The van der Waals surface area contributed by atoms with Crippen LogP contribution in [0.4, 0.5) is 17.1 Å². The van der Waals surface area contributed by atoms with Gasteiger partial charge in [-0.05, 0) is 87.0 Å². The van der Waals surface area contributed by atoms with Crippen LogP contribution < -0.4 is 15.1 Å². The number of anilines is 3. The lowest BCUT2D eigenvalue weighted by Crippen LogP contribution is -2.22. The van der Waals surface area contributed by atoms with Crippen LogP contribution in [0.25, 0.3) is 10.8 Å². The zero-order valence-electron chi connectivity index (χ0n) is 23.0. The Hall–Kier alpha value is -3.17. The number of hydrogen-bond acceptors (Lipinski definition) is 3. The van der Waals surface area contributed by atoms with E-state index in [-0.39, 0.29) is 18.3 Å². The standard InChI is InChI=1S/C33H41N3.ClH/c1-6-34-32-24-23-31(29-13-11-12-14-30(29)32)33(25-15-19-27(20-16-25)35(7-2)8-3)26-17-21-28(22-18-26)36(9-4)10-5;/h11-24,33-34H,6-10H2,1-5H3;1H. The first-order valence-corrected chi connectivity index (χ1v) is 13.6. The highest BCUT2D eigenvalue weighted by Gasteiger charge is 2.21. The van der Waals surface area contributed by atoms with Crippen LogP contribution in [0.3, 0.4) is 0 Å². The molecule has 0 aliphatic carbocycles. The summed E-state index contributed by atoms with van der Waals surface area (Å²) in [7, 11) is 0. The molecule has 0 aromatic heterocycles. The largest absolute Gasteiger partial charge is 0.385 e. The van der Waals surface area contributed by atoms with E-state index >= 15 is 0 Å². The molecule has 4 heteroatoms. The third-order valence-electron chi connectivity index (χ3n) is 7.35. The zero-order valence-corrected chi connectivity index (χ0v) is 23.8. The van der Waals surface area contributed by atoms with Crippen molar-refractivity contribution in [3.8, 4) is 0 Å². The molecule has 0 atom stereocenters. The van der Waals surface area contributed by atoms with Crippen molar-refractivity contribution in [1.82, 2.24) is 0 Å². The van der Waals surface area contributed by atoms with Crippen molar-refractivity contribution < 1.29 is 0 Å². The maximum Gasteiger partial charge on any atom is 0.0419 e. The number of halogens is 1.